The van der Waals surface area contributed by atoms with Gasteiger partial charge in [0.2, 0.25) is 0 Å². The summed E-state index contributed by atoms with van der Waals surface area (Å²) in [5.41, 5.74) is 1.58. The number of benzene rings is 1. The second-order valence-corrected chi connectivity index (χ2v) is 6.12. The van der Waals surface area contributed by atoms with Crippen LogP contribution in [0.25, 0.3) is 0 Å². The maximum Gasteiger partial charge on any atom is 0.119 e. The normalized spacial score (nSPS) is 11.9. The fourth-order valence-electron chi connectivity index (χ4n) is 2.04. The summed E-state index contributed by atoms with van der Waals surface area (Å²) in [4.78, 5) is 0. The Balaban J connectivity index is 2.57. The molecule has 2 nitrogen and oxygen atoms in total. The van der Waals surface area contributed by atoms with Gasteiger partial charge in [0, 0.05) is 6.04 Å². The first-order chi connectivity index (χ1) is 8.95. The summed E-state index contributed by atoms with van der Waals surface area (Å²) in [5, 5.41) is 3.49. The molecule has 0 aliphatic rings. The molecular weight excluding hydrogens is 234 g/mol. The zero-order valence-electron chi connectivity index (χ0n) is 13.1. The van der Waals surface area contributed by atoms with Crippen molar-refractivity contribution in [3.63, 3.8) is 0 Å². The molecule has 0 amide bonds. The molecule has 0 unspecified atom stereocenters. The molecule has 0 fully saturated rings. The summed E-state index contributed by atoms with van der Waals surface area (Å²) < 4.78 is 5.62. The maximum absolute atomic E-state index is 5.62. The van der Waals surface area contributed by atoms with Crippen molar-refractivity contribution in [1.29, 1.82) is 0 Å². The molecule has 0 spiro atoms. The van der Waals surface area contributed by atoms with Crippen molar-refractivity contribution in [2.75, 3.05) is 13.2 Å². The van der Waals surface area contributed by atoms with Crippen LogP contribution >= 0.6 is 0 Å². The Bertz CT molecular complexity index is 354. The van der Waals surface area contributed by atoms with Gasteiger partial charge in [-0.2, -0.15) is 0 Å². The molecule has 0 aliphatic heterocycles. The minimum Gasteiger partial charge on any atom is -0.494 e. The minimum atomic E-state index is 0.200. The van der Waals surface area contributed by atoms with Gasteiger partial charge in [-0.1, -0.05) is 46.8 Å². The van der Waals surface area contributed by atoms with E-state index < -0.39 is 0 Å². The first-order valence-corrected chi connectivity index (χ1v) is 7.42. The minimum absolute atomic E-state index is 0.200. The highest BCUT2D eigenvalue weighted by Gasteiger charge is 2.20. The average molecular weight is 263 g/mol. The van der Waals surface area contributed by atoms with Crippen molar-refractivity contribution in [2.24, 2.45) is 0 Å². The van der Waals surface area contributed by atoms with E-state index >= 15 is 0 Å². The fraction of sp³-hybridized carbons (Fsp3) is 0.647. The highest BCUT2D eigenvalue weighted by Crippen LogP contribution is 2.28. The molecule has 1 N–H and O–H groups in total. The van der Waals surface area contributed by atoms with Crippen LogP contribution in [0, 0.1) is 0 Å². The molecule has 1 aromatic rings. The van der Waals surface area contributed by atoms with Gasteiger partial charge in [-0.25, -0.2) is 0 Å². The molecule has 0 aliphatic carbocycles. The number of ether oxygens (including phenoxy) is 1. The standard InChI is InChI=1S/C17H29NO/c1-6-13-19-16-9-7-15(8-10-16)17(4,5)11-12-18-14(2)3/h7-10,14,18H,6,11-13H2,1-5H3. The second-order valence-electron chi connectivity index (χ2n) is 6.12. The zero-order chi connectivity index (χ0) is 14.3. The summed E-state index contributed by atoms with van der Waals surface area (Å²) in [6, 6.07) is 9.12. The topological polar surface area (TPSA) is 21.3 Å². The van der Waals surface area contributed by atoms with Crippen molar-refractivity contribution in [1.82, 2.24) is 5.32 Å². The molecule has 2 heteroatoms. The van der Waals surface area contributed by atoms with E-state index in [4.69, 9.17) is 4.74 Å². The predicted molar refractivity (Wildman–Crippen MR) is 83.0 cm³/mol. The van der Waals surface area contributed by atoms with Crippen molar-refractivity contribution >= 4 is 0 Å². The zero-order valence-corrected chi connectivity index (χ0v) is 13.1. The summed E-state index contributed by atoms with van der Waals surface area (Å²) in [6.07, 6.45) is 2.19. The van der Waals surface area contributed by atoms with Crippen LogP contribution in [0.15, 0.2) is 24.3 Å². The number of rotatable bonds is 8. The van der Waals surface area contributed by atoms with Gasteiger partial charge in [-0.3, -0.25) is 0 Å². The van der Waals surface area contributed by atoms with Crippen LogP contribution in [0.1, 0.15) is 53.0 Å². The van der Waals surface area contributed by atoms with Gasteiger partial charge >= 0.3 is 0 Å². The highest BCUT2D eigenvalue weighted by molar-refractivity contribution is 5.31. The van der Waals surface area contributed by atoms with Crippen LogP contribution in [-0.4, -0.2) is 19.2 Å². The summed E-state index contributed by atoms with van der Waals surface area (Å²) >= 11 is 0. The third-order valence-corrected chi connectivity index (χ3v) is 3.41. The van der Waals surface area contributed by atoms with Crippen LogP contribution in [0.5, 0.6) is 5.75 Å². The summed E-state index contributed by atoms with van der Waals surface area (Å²) in [6.45, 7) is 13.0. The molecule has 0 heterocycles. The molecule has 0 aromatic heterocycles. The van der Waals surface area contributed by atoms with E-state index in [0.717, 1.165) is 31.7 Å². The second kappa shape index (κ2) is 7.54. The van der Waals surface area contributed by atoms with E-state index in [1.54, 1.807) is 0 Å². The van der Waals surface area contributed by atoms with Crippen molar-refractivity contribution in [3.8, 4) is 5.75 Å². The monoisotopic (exact) mass is 263 g/mol. The first kappa shape index (κ1) is 16.0. The van der Waals surface area contributed by atoms with E-state index in [1.165, 1.54) is 5.56 Å². The number of hydrogen-bond acceptors (Lipinski definition) is 2. The fourth-order valence-corrected chi connectivity index (χ4v) is 2.04. The lowest BCUT2D eigenvalue weighted by Crippen LogP contribution is -2.29. The SMILES string of the molecule is CCCOc1ccc(C(C)(C)CCNC(C)C)cc1. The molecule has 0 atom stereocenters. The Morgan fingerprint density at radius 2 is 1.79 bits per heavy atom. The molecule has 0 radical (unpaired) electrons. The number of hydrogen-bond donors (Lipinski definition) is 1. The van der Waals surface area contributed by atoms with Gasteiger partial charge in [0.25, 0.3) is 0 Å². The Hall–Kier alpha value is -1.02. The molecule has 0 saturated carbocycles. The molecule has 0 saturated heterocycles. The van der Waals surface area contributed by atoms with Crippen LogP contribution in [0.2, 0.25) is 0 Å². The molecule has 19 heavy (non-hydrogen) atoms. The van der Waals surface area contributed by atoms with Crippen LogP contribution in [0.3, 0.4) is 0 Å². The van der Waals surface area contributed by atoms with Crippen molar-refractivity contribution in [3.05, 3.63) is 29.8 Å². The molecule has 1 rings (SSSR count). The van der Waals surface area contributed by atoms with Crippen LogP contribution in [0.4, 0.5) is 0 Å². The van der Waals surface area contributed by atoms with Gasteiger partial charge in [-0.15, -0.1) is 0 Å². The smallest absolute Gasteiger partial charge is 0.119 e. The van der Waals surface area contributed by atoms with E-state index in [0.29, 0.717) is 6.04 Å². The Morgan fingerprint density at radius 3 is 2.32 bits per heavy atom. The molecule has 108 valence electrons. The quantitative estimate of drug-likeness (QED) is 0.761. The van der Waals surface area contributed by atoms with Crippen molar-refractivity contribution < 1.29 is 4.74 Å². The van der Waals surface area contributed by atoms with Crippen LogP contribution < -0.4 is 10.1 Å². The maximum atomic E-state index is 5.62. The third kappa shape index (κ3) is 5.65. The first-order valence-electron chi connectivity index (χ1n) is 7.42. The Labute approximate surface area is 118 Å². The predicted octanol–water partition coefficient (Wildman–Crippen LogP) is 4.14. The van der Waals surface area contributed by atoms with Gasteiger partial charge < -0.3 is 10.1 Å². The molecule has 0 bridgehead atoms. The lowest BCUT2D eigenvalue weighted by Gasteiger charge is -2.26. The van der Waals surface area contributed by atoms with E-state index in [1.807, 2.05) is 0 Å². The molecular formula is C17H29NO. The summed E-state index contributed by atoms with van der Waals surface area (Å²) in [5.74, 6) is 0.974. The Morgan fingerprint density at radius 1 is 1.16 bits per heavy atom. The van der Waals surface area contributed by atoms with Gasteiger partial charge in [-0.05, 0) is 42.5 Å². The number of nitrogens with one attached hydrogen (secondary N) is 1. The van der Waals surface area contributed by atoms with Gasteiger partial charge in [0.15, 0.2) is 0 Å². The third-order valence-electron chi connectivity index (χ3n) is 3.41. The van der Waals surface area contributed by atoms with Crippen LogP contribution in [-0.2, 0) is 5.41 Å². The van der Waals surface area contributed by atoms with Gasteiger partial charge in [0.05, 0.1) is 6.61 Å². The van der Waals surface area contributed by atoms with E-state index in [9.17, 15) is 0 Å². The summed E-state index contributed by atoms with van der Waals surface area (Å²) in [7, 11) is 0. The van der Waals surface area contributed by atoms with E-state index in [2.05, 4.69) is 64.2 Å². The lowest BCUT2D eigenvalue weighted by atomic mass is 9.81. The van der Waals surface area contributed by atoms with Gasteiger partial charge in [0.1, 0.15) is 5.75 Å². The largest absolute Gasteiger partial charge is 0.494 e. The molecule has 1 aromatic carbocycles. The lowest BCUT2D eigenvalue weighted by molar-refractivity contribution is 0.317. The average Bonchev–Trinajstić information content (AvgIpc) is 2.36. The highest BCUT2D eigenvalue weighted by atomic mass is 16.5. The van der Waals surface area contributed by atoms with E-state index in [-0.39, 0.29) is 5.41 Å². The Kier molecular flexibility index (Phi) is 6.36. The van der Waals surface area contributed by atoms with Crippen molar-refractivity contribution in [2.45, 2.75) is 58.9 Å².